The third kappa shape index (κ3) is 3.14. The highest BCUT2D eigenvalue weighted by Gasteiger charge is 2.25. The maximum absolute atomic E-state index is 11.6. The minimum absolute atomic E-state index is 0.000404. The molecular formula is C16H24N2O. The van der Waals surface area contributed by atoms with E-state index in [0.29, 0.717) is 11.5 Å². The first-order chi connectivity index (χ1) is 8.89. The van der Waals surface area contributed by atoms with Crippen LogP contribution in [0.5, 0.6) is 0 Å². The van der Waals surface area contributed by atoms with Crippen LogP contribution in [0, 0.1) is 0 Å². The second-order valence-electron chi connectivity index (χ2n) is 6.58. The number of hydrogen-bond acceptors (Lipinski definition) is 2. The van der Waals surface area contributed by atoms with Gasteiger partial charge < -0.3 is 5.73 Å². The average molecular weight is 260 g/mol. The number of amides is 1. The number of carbonyl (C=O) groups is 1. The smallest absolute Gasteiger partial charge is 0.250 e. The van der Waals surface area contributed by atoms with Crippen LogP contribution in [0.15, 0.2) is 12.1 Å². The quantitative estimate of drug-likeness (QED) is 0.884. The van der Waals surface area contributed by atoms with Gasteiger partial charge in [0.1, 0.15) is 0 Å². The van der Waals surface area contributed by atoms with E-state index in [0.717, 1.165) is 24.2 Å². The van der Waals surface area contributed by atoms with Crippen molar-refractivity contribution >= 4 is 5.91 Å². The molecule has 1 heterocycles. The van der Waals surface area contributed by atoms with Crippen LogP contribution in [-0.2, 0) is 5.41 Å². The van der Waals surface area contributed by atoms with Crippen molar-refractivity contribution in [3.63, 3.8) is 0 Å². The molecule has 104 valence electrons. The van der Waals surface area contributed by atoms with E-state index in [4.69, 9.17) is 10.7 Å². The number of aromatic nitrogens is 1. The molecule has 0 radical (unpaired) electrons. The van der Waals surface area contributed by atoms with Crippen LogP contribution in [0.2, 0.25) is 0 Å². The third-order valence-electron chi connectivity index (χ3n) is 3.95. The van der Waals surface area contributed by atoms with E-state index in [2.05, 4.69) is 20.8 Å². The van der Waals surface area contributed by atoms with E-state index in [1.807, 2.05) is 12.1 Å². The predicted molar refractivity (Wildman–Crippen MR) is 77.3 cm³/mol. The fraction of sp³-hybridized carbons (Fsp3) is 0.625. The van der Waals surface area contributed by atoms with Gasteiger partial charge in [-0.25, -0.2) is 0 Å². The van der Waals surface area contributed by atoms with Crippen molar-refractivity contribution in [1.29, 1.82) is 0 Å². The molecule has 1 aliphatic carbocycles. The van der Waals surface area contributed by atoms with Gasteiger partial charge in [0.25, 0.3) is 5.91 Å². The van der Waals surface area contributed by atoms with Gasteiger partial charge in [-0.2, -0.15) is 0 Å². The summed E-state index contributed by atoms with van der Waals surface area (Å²) in [6.45, 7) is 6.43. The fourth-order valence-electron chi connectivity index (χ4n) is 2.79. The second-order valence-corrected chi connectivity index (χ2v) is 6.58. The lowest BCUT2D eigenvalue weighted by Crippen LogP contribution is -2.22. The Hall–Kier alpha value is -1.38. The molecule has 1 fully saturated rings. The Kier molecular flexibility index (Phi) is 3.93. The van der Waals surface area contributed by atoms with Crippen molar-refractivity contribution in [2.24, 2.45) is 5.73 Å². The first kappa shape index (κ1) is 14.0. The molecule has 3 nitrogen and oxygen atoms in total. The summed E-state index contributed by atoms with van der Waals surface area (Å²) in [7, 11) is 0. The van der Waals surface area contributed by atoms with Crippen LogP contribution in [0.25, 0.3) is 0 Å². The first-order valence-electron chi connectivity index (χ1n) is 7.21. The lowest BCUT2D eigenvalue weighted by Gasteiger charge is -2.25. The van der Waals surface area contributed by atoms with Gasteiger partial charge in [-0.3, -0.25) is 9.78 Å². The number of primary amides is 1. The Labute approximate surface area is 115 Å². The first-order valence-corrected chi connectivity index (χ1v) is 7.21. The summed E-state index contributed by atoms with van der Waals surface area (Å²) < 4.78 is 0. The Morgan fingerprint density at radius 2 is 1.84 bits per heavy atom. The van der Waals surface area contributed by atoms with E-state index in [9.17, 15) is 4.79 Å². The van der Waals surface area contributed by atoms with Gasteiger partial charge in [-0.15, -0.1) is 0 Å². The highest BCUT2D eigenvalue weighted by atomic mass is 16.1. The van der Waals surface area contributed by atoms with Gasteiger partial charge in [0.05, 0.1) is 11.3 Å². The number of nitrogens with two attached hydrogens (primary N) is 1. The number of hydrogen-bond donors (Lipinski definition) is 1. The lowest BCUT2D eigenvalue weighted by molar-refractivity contribution is 0.0998. The third-order valence-corrected chi connectivity index (χ3v) is 3.95. The molecular weight excluding hydrogens is 236 g/mol. The summed E-state index contributed by atoms with van der Waals surface area (Å²) in [5, 5.41) is 0. The maximum atomic E-state index is 11.6. The standard InChI is InChI=1S/C16H24N2O/c1-16(2,3)13-10-9-12(15(17)19)14(18-13)11-7-5-4-6-8-11/h9-11H,4-8H2,1-3H3,(H2,17,19). The number of rotatable bonds is 2. The summed E-state index contributed by atoms with van der Waals surface area (Å²) in [6.07, 6.45) is 6.00. The normalized spacial score (nSPS) is 17.4. The summed E-state index contributed by atoms with van der Waals surface area (Å²) in [5.74, 6) is 0.0482. The van der Waals surface area contributed by atoms with Crippen molar-refractivity contribution in [2.75, 3.05) is 0 Å². The van der Waals surface area contributed by atoms with Crippen molar-refractivity contribution < 1.29 is 4.79 Å². The molecule has 19 heavy (non-hydrogen) atoms. The van der Waals surface area contributed by atoms with Gasteiger partial charge in [0.15, 0.2) is 0 Å². The Morgan fingerprint density at radius 3 is 2.37 bits per heavy atom. The molecule has 1 aliphatic rings. The maximum Gasteiger partial charge on any atom is 0.250 e. The average Bonchev–Trinajstić information content (AvgIpc) is 2.38. The minimum atomic E-state index is -0.353. The molecule has 1 saturated carbocycles. The van der Waals surface area contributed by atoms with Gasteiger partial charge in [0.2, 0.25) is 0 Å². The Balaban J connectivity index is 2.44. The SMILES string of the molecule is CC(C)(C)c1ccc(C(N)=O)c(C2CCCCC2)n1. The van der Waals surface area contributed by atoms with E-state index in [1.165, 1.54) is 19.3 Å². The largest absolute Gasteiger partial charge is 0.366 e. The predicted octanol–water partition coefficient (Wildman–Crippen LogP) is 3.53. The molecule has 0 spiro atoms. The topological polar surface area (TPSA) is 56.0 Å². The molecule has 1 amide bonds. The van der Waals surface area contributed by atoms with Crippen LogP contribution < -0.4 is 5.73 Å². The highest BCUT2D eigenvalue weighted by Crippen LogP contribution is 2.34. The number of carbonyl (C=O) groups excluding carboxylic acids is 1. The van der Waals surface area contributed by atoms with Crippen LogP contribution in [0.1, 0.15) is 80.5 Å². The molecule has 0 aromatic carbocycles. The van der Waals surface area contributed by atoms with E-state index < -0.39 is 0 Å². The van der Waals surface area contributed by atoms with Crippen LogP contribution in [0.3, 0.4) is 0 Å². The summed E-state index contributed by atoms with van der Waals surface area (Å²) in [4.78, 5) is 16.4. The molecule has 3 heteroatoms. The zero-order chi connectivity index (χ0) is 14.0. The molecule has 2 rings (SSSR count). The molecule has 1 aromatic rings. The van der Waals surface area contributed by atoms with Crippen LogP contribution in [-0.4, -0.2) is 10.9 Å². The van der Waals surface area contributed by atoms with E-state index in [1.54, 1.807) is 0 Å². The number of nitrogens with zero attached hydrogens (tertiary/aromatic N) is 1. The number of pyridine rings is 1. The van der Waals surface area contributed by atoms with Crippen molar-refractivity contribution in [2.45, 2.75) is 64.2 Å². The van der Waals surface area contributed by atoms with Gasteiger partial charge in [0, 0.05) is 17.0 Å². The summed E-state index contributed by atoms with van der Waals surface area (Å²) >= 11 is 0. The minimum Gasteiger partial charge on any atom is -0.366 e. The van der Waals surface area contributed by atoms with E-state index in [-0.39, 0.29) is 11.3 Å². The van der Waals surface area contributed by atoms with E-state index >= 15 is 0 Å². The molecule has 0 unspecified atom stereocenters. The van der Waals surface area contributed by atoms with Crippen molar-refractivity contribution in [3.8, 4) is 0 Å². The molecule has 0 saturated heterocycles. The molecule has 0 aliphatic heterocycles. The monoisotopic (exact) mass is 260 g/mol. The summed E-state index contributed by atoms with van der Waals surface area (Å²) in [6, 6.07) is 3.80. The van der Waals surface area contributed by atoms with Crippen LogP contribution in [0.4, 0.5) is 0 Å². The lowest BCUT2D eigenvalue weighted by atomic mass is 9.83. The van der Waals surface area contributed by atoms with Gasteiger partial charge >= 0.3 is 0 Å². The molecule has 0 bridgehead atoms. The Bertz CT molecular complexity index is 468. The second kappa shape index (κ2) is 5.32. The van der Waals surface area contributed by atoms with Gasteiger partial charge in [-0.1, -0.05) is 40.0 Å². The van der Waals surface area contributed by atoms with Gasteiger partial charge in [-0.05, 0) is 25.0 Å². The van der Waals surface area contributed by atoms with Crippen molar-refractivity contribution in [1.82, 2.24) is 4.98 Å². The zero-order valence-electron chi connectivity index (χ0n) is 12.2. The summed E-state index contributed by atoms with van der Waals surface area (Å²) in [5.41, 5.74) is 8.08. The highest BCUT2D eigenvalue weighted by molar-refractivity contribution is 5.94. The molecule has 0 atom stereocenters. The fourth-order valence-corrected chi connectivity index (χ4v) is 2.79. The zero-order valence-corrected chi connectivity index (χ0v) is 12.2. The molecule has 2 N–H and O–H groups in total. The van der Waals surface area contributed by atoms with Crippen molar-refractivity contribution in [3.05, 3.63) is 29.1 Å². The Morgan fingerprint density at radius 1 is 1.21 bits per heavy atom. The van der Waals surface area contributed by atoms with Crippen LogP contribution >= 0.6 is 0 Å². The molecule has 1 aromatic heterocycles.